The molecule has 1 fully saturated rings. The molecule has 2 N–H and O–H groups in total. The first kappa shape index (κ1) is 18.3. The largest absolute Gasteiger partial charge is 0.483 e. The number of benzene rings is 1. The van der Waals surface area contributed by atoms with E-state index in [2.05, 4.69) is 11.4 Å². The summed E-state index contributed by atoms with van der Waals surface area (Å²) in [6, 6.07) is 4.01. The number of rotatable bonds is 6. The number of carbonyl (C=O) groups is 2. The average Bonchev–Trinajstić information content (AvgIpc) is 2.55. The molecule has 0 heterocycles. The van der Waals surface area contributed by atoms with Crippen LogP contribution in [0, 0.1) is 32.6 Å². The van der Waals surface area contributed by atoms with Crippen LogP contribution in [0.15, 0.2) is 12.1 Å². The molecule has 1 saturated carbocycles. The van der Waals surface area contributed by atoms with Gasteiger partial charge in [-0.3, -0.25) is 9.59 Å². The molecule has 1 aliphatic carbocycles. The molecule has 0 bridgehead atoms. The Morgan fingerprint density at radius 1 is 1.21 bits per heavy atom. The molecule has 0 unspecified atom stereocenters. The summed E-state index contributed by atoms with van der Waals surface area (Å²) in [7, 11) is 0. The molecular weight excluding hydrogens is 306 g/mol. The maximum atomic E-state index is 12.0. The SMILES string of the molecule is Cc1cc(C)c(C)c(OCC(=O)NC[C@@H]2CCCC[C@@H]2C(=O)O)c1. The summed E-state index contributed by atoms with van der Waals surface area (Å²) in [5, 5.41) is 12.1. The fourth-order valence-corrected chi connectivity index (χ4v) is 3.37. The van der Waals surface area contributed by atoms with Crippen LogP contribution in [-0.4, -0.2) is 30.1 Å². The summed E-state index contributed by atoms with van der Waals surface area (Å²) in [4.78, 5) is 23.3. The first-order chi connectivity index (χ1) is 11.4. The van der Waals surface area contributed by atoms with Crippen molar-refractivity contribution in [1.82, 2.24) is 5.32 Å². The molecule has 1 aromatic carbocycles. The van der Waals surface area contributed by atoms with Crippen LogP contribution in [0.5, 0.6) is 5.75 Å². The van der Waals surface area contributed by atoms with E-state index < -0.39 is 5.97 Å². The summed E-state index contributed by atoms with van der Waals surface area (Å²) in [6.07, 6.45) is 3.54. The highest BCUT2D eigenvalue weighted by Crippen LogP contribution is 2.29. The summed E-state index contributed by atoms with van der Waals surface area (Å²) in [5.41, 5.74) is 3.27. The first-order valence-electron chi connectivity index (χ1n) is 8.58. The minimum atomic E-state index is -0.754. The first-order valence-corrected chi connectivity index (χ1v) is 8.58. The summed E-state index contributed by atoms with van der Waals surface area (Å²) in [6.45, 7) is 6.35. The van der Waals surface area contributed by atoms with Crippen LogP contribution in [0.1, 0.15) is 42.4 Å². The van der Waals surface area contributed by atoms with Crippen molar-refractivity contribution in [2.75, 3.05) is 13.2 Å². The van der Waals surface area contributed by atoms with Crippen molar-refractivity contribution in [3.8, 4) is 5.75 Å². The second kappa shape index (κ2) is 8.18. The third-order valence-electron chi connectivity index (χ3n) is 4.91. The Morgan fingerprint density at radius 2 is 1.92 bits per heavy atom. The van der Waals surface area contributed by atoms with Crippen molar-refractivity contribution in [2.45, 2.75) is 46.5 Å². The summed E-state index contributed by atoms with van der Waals surface area (Å²) in [5.74, 6) is -0.562. The van der Waals surface area contributed by atoms with Gasteiger partial charge in [-0.25, -0.2) is 0 Å². The van der Waals surface area contributed by atoms with E-state index in [0.29, 0.717) is 13.0 Å². The zero-order chi connectivity index (χ0) is 17.7. The molecule has 132 valence electrons. The quantitative estimate of drug-likeness (QED) is 0.839. The second-order valence-electron chi connectivity index (χ2n) is 6.79. The lowest BCUT2D eigenvalue weighted by Crippen LogP contribution is -2.38. The molecule has 24 heavy (non-hydrogen) atoms. The lowest BCUT2D eigenvalue weighted by atomic mass is 9.79. The predicted octanol–water partition coefficient (Wildman–Crippen LogP) is 3.00. The van der Waals surface area contributed by atoms with Gasteiger partial charge in [0.05, 0.1) is 5.92 Å². The van der Waals surface area contributed by atoms with Crippen molar-refractivity contribution in [2.24, 2.45) is 11.8 Å². The number of aryl methyl sites for hydroxylation is 2. The van der Waals surface area contributed by atoms with Crippen molar-refractivity contribution >= 4 is 11.9 Å². The number of hydrogen-bond acceptors (Lipinski definition) is 3. The smallest absolute Gasteiger partial charge is 0.306 e. The van der Waals surface area contributed by atoms with Crippen LogP contribution >= 0.6 is 0 Å². The Balaban J connectivity index is 1.84. The third-order valence-corrected chi connectivity index (χ3v) is 4.91. The Kier molecular flexibility index (Phi) is 6.23. The van der Waals surface area contributed by atoms with Gasteiger partial charge in [-0.05, 0) is 62.3 Å². The Hall–Kier alpha value is -2.04. The van der Waals surface area contributed by atoms with Gasteiger partial charge in [0, 0.05) is 6.54 Å². The Morgan fingerprint density at radius 3 is 2.62 bits per heavy atom. The molecule has 5 nitrogen and oxygen atoms in total. The minimum Gasteiger partial charge on any atom is -0.483 e. The Labute approximate surface area is 143 Å². The van der Waals surface area contributed by atoms with E-state index in [1.807, 2.05) is 26.8 Å². The maximum Gasteiger partial charge on any atom is 0.306 e. The number of nitrogens with one attached hydrogen (secondary N) is 1. The van der Waals surface area contributed by atoms with E-state index in [4.69, 9.17) is 4.74 Å². The van der Waals surface area contributed by atoms with E-state index in [9.17, 15) is 14.7 Å². The number of ether oxygens (including phenoxy) is 1. The molecule has 2 atom stereocenters. The molecule has 1 aliphatic rings. The molecule has 0 aliphatic heterocycles. The zero-order valence-corrected chi connectivity index (χ0v) is 14.7. The van der Waals surface area contributed by atoms with Crippen LogP contribution < -0.4 is 10.1 Å². The normalized spacial score (nSPS) is 20.5. The molecule has 0 radical (unpaired) electrons. The van der Waals surface area contributed by atoms with Gasteiger partial charge in [0.2, 0.25) is 0 Å². The molecule has 0 spiro atoms. The van der Waals surface area contributed by atoms with Gasteiger partial charge in [-0.1, -0.05) is 18.9 Å². The van der Waals surface area contributed by atoms with E-state index in [1.54, 1.807) is 0 Å². The Bertz CT molecular complexity index is 612. The van der Waals surface area contributed by atoms with Gasteiger partial charge in [0.1, 0.15) is 5.75 Å². The molecular formula is C19H27NO4. The fourth-order valence-electron chi connectivity index (χ4n) is 3.37. The average molecular weight is 333 g/mol. The standard InChI is InChI=1S/C19H27NO4/c1-12-8-13(2)14(3)17(9-12)24-11-18(21)20-10-15-6-4-5-7-16(15)19(22)23/h8-9,15-16H,4-7,10-11H2,1-3H3,(H,20,21)(H,22,23)/t15-,16-/m0/s1. The number of carbonyl (C=O) groups excluding carboxylic acids is 1. The van der Waals surface area contributed by atoms with E-state index in [-0.39, 0.29) is 24.3 Å². The van der Waals surface area contributed by atoms with E-state index in [1.165, 1.54) is 0 Å². The molecule has 5 heteroatoms. The maximum absolute atomic E-state index is 12.0. The molecule has 1 amide bonds. The fraction of sp³-hybridized carbons (Fsp3) is 0.579. The van der Waals surface area contributed by atoms with Gasteiger partial charge < -0.3 is 15.2 Å². The van der Waals surface area contributed by atoms with Gasteiger partial charge in [-0.2, -0.15) is 0 Å². The zero-order valence-electron chi connectivity index (χ0n) is 14.7. The van der Waals surface area contributed by atoms with Crippen LogP contribution in [-0.2, 0) is 9.59 Å². The van der Waals surface area contributed by atoms with Gasteiger partial charge in [0.15, 0.2) is 6.61 Å². The van der Waals surface area contributed by atoms with Crippen molar-refractivity contribution in [3.05, 3.63) is 28.8 Å². The predicted molar refractivity (Wildman–Crippen MR) is 92.2 cm³/mol. The van der Waals surface area contributed by atoms with E-state index >= 15 is 0 Å². The van der Waals surface area contributed by atoms with Gasteiger partial charge >= 0.3 is 5.97 Å². The number of hydrogen-bond donors (Lipinski definition) is 2. The minimum absolute atomic E-state index is 0.0168. The van der Waals surface area contributed by atoms with Crippen LogP contribution in [0.25, 0.3) is 0 Å². The number of amides is 1. The number of carboxylic acid groups (broad SMARTS) is 1. The molecule has 1 aromatic rings. The summed E-state index contributed by atoms with van der Waals surface area (Å²) < 4.78 is 5.65. The van der Waals surface area contributed by atoms with Crippen molar-refractivity contribution in [1.29, 1.82) is 0 Å². The van der Waals surface area contributed by atoms with Gasteiger partial charge in [0.25, 0.3) is 5.91 Å². The van der Waals surface area contributed by atoms with Crippen molar-refractivity contribution in [3.63, 3.8) is 0 Å². The second-order valence-corrected chi connectivity index (χ2v) is 6.79. The molecule has 0 saturated heterocycles. The molecule has 0 aromatic heterocycles. The lowest BCUT2D eigenvalue weighted by molar-refractivity contribution is -0.145. The molecule has 2 rings (SSSR count). The lowest BCUT2D eigenvalue weighted by Gasteiger charge is -2.28. The van der Waals surface area contributed by atoms with Crippen LogP contribution in [0.3, 0.4) is 0 Å². The van der Waals surface area contributed by atoms with Crippen LogP contribution in [0.4, 0.5) is 0 Å². The highest BCUT2D eigenvalue weighted by molar-refractivity contribution is 5.77. The van der Waals surface area contributed by atoms with Crippen molar-refractivity contribution < 1.29 is 19.4 Å². The number of carboxylic acids is 1. The monoisotopic (exact) mass is 333 g/mol. The van der Waals surface area contributed by atoms with Gasteiger partial charge in [-0.15, -0.1) is 0 Å². The number of aliphatic carboxylic acids is 1. The van der Waals surface area contributed by atoms with Crippen LogP contribution in [0.2, 0.25) is 0 Å². The highest BCUT2D eigenvalue weighted by Gasteiger charge is 2.30. The van der Waals surface area contributed by atoms with E-state index in [0.717, 1.165) is 41.7 Å². The summed E-state index contributed by atoms with van der Waals surface area (Å²) >= 11 is 0. The third kappa shape index (κ3) is 4.73. The topological polar surface area (TPSA) is 75.6 Å². The highest BCUT2D eigenvalue weighted by atomic mass is 16.5.